The minimum absolute atomic E-state index is 0.0911. The third kappa shape index (κ3) is 9.09. The second-order valence-electron chi connectivity index (χ2n) is 9.34. The van der Waals surface area contributed by atoms with E-state index in [1.807, 2.05) is 27.7 Å². The zero-order chi connectivity index (χ0) is 21.1. The number of nitrogens with one attached hydrogen (secondary N) is 1. The predicted molar refractivity (Wildman–Crippen MR) is 102 cm³/mol. The number of Topliss-reactive ketones (excluding diaryl/α,β-unsaturated/α-hetero) is 1. The van der Waals surface area contributed by atoms with Crippen LogP contribution >= 0.6 is 0 Å². The molecule has 0 aliphatic heterocycles. The van der Waals surface area contributed by atoms with E-state index in [4.69, 9.17) is 9.29 Å². The molecule has 26 heavy (non-hydrogen) atoms. The molecule has 154 valence electrons. The second kappa shape index (κ2) is 8.35. The summed E-state index contributed by atoms with van der Waals surface area (Å²) < 4.78 is 37.3. The van der Waals surface area contributed by atoms with Crippen molar-refractivity contribution in [3.8, 4) is 0 Å². The molecule has 0 fully saturated rings. The molecule has 0 aliphatic carbocycles. The first kappa shape index (κ1) is 25.0. The standard InChI is InChI=1S/C18H35NO6S/c1-12(2)18(8,9)25-13(10-14(20)16(3,4)5)15(21)19-17(6,7)11-26(22,23)24/h12-13H,10-11H2,1-9H3,(H,19,21)(H,22,23,24). The van der Waals surface area contributed by atoms with Gasteiger partial charge < -0.3 is 10.1 Å². The summed E-state index contributed by atoms with van der Waals surface area (Å²) in [6.45, 7) is 15.8. The fourth-order valence-electron chi connectivity index (χ4n) is 2.07. The van der Waals surface area contributed by atoms with Crippen molar-refractivity contribution in [3.05, 3.63) is 0 Å². The minimum atomic E-state index is -4.27. The van der Waals surface area contributed by atoms with Gasteiger partial charge in [-0.2, -0.15) is 8.42 Å². The third-order valence-corrected chi connectivity index (χ3v) is 5.43. The number of carbonyl (C=O) groups excluding carboxylic acids is 2. The maximum atomic E-state index is 12.7. The van der Waals surface area contributed by atoms with E-state index >= 15 is 0 Å². The van der Waals surface area contributed by atoms with Gasteiger partial charge in [0.05, 0.1) is 16.9 Å². The lowest BCUT2D eigenvalue weighted by Gasteiger charge is -2.36. The number of rotatable bonds is 9. The molecule has 0 aromatic rings. The summed E-state index contributed by atoms with van der Waals surface area (Å²) >= 11 is 0. The van der Waals surface area contributed by atoms with Crippen LogP contribution in [0.25, 0.3) is 0 Å². The number of ketones is 1. The molecule has 1 unspecified atom stereocenters. The number of ether oxygens (including phenoxy) is 1. The zero-order valence-electron chi connectivity index (χ0n) is 17.5. The van der Waals surface area contributed by atoms with E-state index in [9.17, 15) is 18.0 Å². The molecule has 0 bridgehead atoms. The SMILES string of the molecule is CC(C)C(C)(C)OC(CC(=O)C(C)(C)C)C(=O)NC(C)(C)CS(=O)(=O)O. The molecule has 0 saturated carbocycles. The van der Waals surface area contributed by atoms with Gasteiger partial charge in [-0.25, -0.2) is 0 Å². The Kier molecular flexibility index (Phi) is 8.04. The van der Waals surface area contributed by atoms with Crippen LogP contribution in [0.5, 0.6) is 0 Å². The first-order chi connectivity index (χ1) is 11.3. The lowest BCUT2D eigenvalue weighted by molar-refractivity contribution is -0.156. The van der Waals surface area contributed by atoms with Gasteiger partial charge in [0.2, 0.25) is 5.91 Å². The van der Waals surface area contributed by atoms with Gasteiger partial charge >= 0.3 is 0 Å². The average Bonchev–Trinajstić information content (AvgIpc) is 2.32. The molecule has 0 aromatic heterocycles. The van der Waals surface area contributed by atoms with Crippen LogP contribution < -0.4 is 5.32 Å². The van der Waals surface area contributed by atoms with E-state index in [0.717, 1.165) is 0 Å². The summed E-state index contributed by atoms with van der Waals surface area (Å²) in [5, 5.41) is 2.58. The van der Waals surface area contributed by atoms with Crippen LogP contribution in [-0.2, 0) is 24.4 Å². The van der Waals surface area contributed by atoms with Crippen LogP contribution in [0.2, 0.25) is 0 Å². The highest BCUT2D eigenvalue weighted by atomic mass is 32.2. The number of hydrogen-bond acceptors (Lipinski definition) is 5. The van der Waals surface area contributed by atoms with Crippen molar-refractivity contribution in [1.82, 2.24) is 5.32 Å². The number of hydrogen-bond donors (Lipinski definition) is 2. The van der Waals surface area contributed by atoms with Crippen molar-refractivity contribution in [2.24, 2.45) is 11.3 Å². The molecule has 8 heteroatoms. The van der Waals surface area contributed by atoms with Gasteiger partial charge in [-0.15, -0.1) is 0 Å². The summed E-state index contributed by atoms with van der Waals surface area (Å²) in [6, 6.07) is 0. The summed E-state index contributed by atoms with van der Waals surface area (Å²) in [5.41, 5.74) is -2.50. The van der Waals surface area contributed by atoms with Crippen molar-refractivity contribution in [3.63, 3.8) is 0 Å². The largest absolute Gasteiger partial charge is 0.362 e. The topological polar surface area (TPSA) is 110 Å². The van der Waals surface area contributed by atoms with Gasteiger partial charge in [-0.1, -0.05) is 34.6 Å². The first-order valence-electron chi connectivity index (χ1n) is 8.75. The van der Waals surface area contributed by atoms with Gasteiger partial charge in [-0.3, -0.25) is 14.1 Å². The Balaban J connectivity index is 5.50. The van der Waals surface area contributed by atoms with Crippen LogP contribution in [0.4, 0.5) is 0 Å². The third-order valence-electron chi connectivity index (χ3n) is 4.34. The first-order valence-corrected chi connectivity index (χ1v) is 10.4. The second-order valence-corrected chi connectivity index (χ2v) is 10.8. The maximum absolute atomic E-state index is 12.7. The normalized spacial score (nSPS) is 15.0. The molecular weight excluding hydrogens is 358 g/mol. The molecular formula is C18H35NO6S. The highest BCUT2D eigenvalue weighted by molar-refractivity contribution is 7.85. The van der Waals surface area contributed by atoms with Crippen LogP contribution in [0.15, 0.2) is 0 Å². The molecule has 0 aliphatic rings. The molecule has 0 radical (unpaired) electrons. The maximum Gasteiger partial charge on any atom is 0.267 e. The Morgan fingerprint density at radius 1 is 1.04 bits per heavy atom. The van der Waals surface area contributed by atoms with E-state index < -0.39 is 44.4 Å². The van der Waals surface area contributed by atoms with Crippen LogP contribution in [0.1, 0.15) is 68.7 Å². The molecule has 0 aromatic carbocycles. The van der Waals surface area contributed by atoms with Crippen molar-refractivity contribution < 1.29 is 27.3 Å². The number of amides is 1. The van der Waals surface area contributed by atoms with Crippen molar-refractivity contribution in [2.45, 2.75) is 86.0 Å². The lowest BCUT2D eigenvalue weighted by Crippen LogP contribution is -2.54. The predicted octanol–water partition coefficient (Wildman–Crippen LogP) is 2.59. The molecule has 1 amide bonds. The van der Waals surface area contributed by atoms with Crippen molar-refractivity contribution >= 4 is 21.8 Å². The molecule has 7 nitrogen and oxygen atoms in total. The zero-order valence-corrected chi connectivity index (χ0v) is 18.3. The Labute approximate surface area is 158 Å². The Hall–Kier alpha value is -0.990. The summed E-state index contributed by atoms with van der Waals surface area (Å²) in [4.78, 5) is 25.2. The molecule has 2 N–H and O–H groups in total. The van der Waals surface area contributed by atoms with E-state index in [1.54, 1.807) is 20.8 Å². The highest BCUT2D eigenvalue weighted by Crippen LogP contribution is 2.26. The molecule has 0 spiro atoms. The summed E-state index contributed by atoms with van der Waals surface area (Å²) in [5.74, 6) is -1.26. The fraction of sp³-hybridized carbons (Fsp3) is 0.889. The molecule has 1 atom stereocenters. The van der Waals surface area contributed by atoms with Crippen LogP contribution in [0, 0.1) is 11.3 Å². The lowest BCUT2D eigenvalue weighted by atomic mass is 9.87. The Morgan fingerprint density at radius 2 is 1.50 bits per heavy atom. The van der Waals surface area contributed by atoms with Crippen LogP contribution in [0.3, 0.4) is 0 Å². The van der Waals surface area contributed by atoms with Gasteiger partial charge in [0.25, 0.3) is 10.1 Å². The van der Waals surface area contributed by atoms with Crippen LogP contribution in [-0.4, -0.2) is 47.7 Å². The molecule has 0 rings (SSSR count). The van der Waals surface area contributed by atoms with Gasteiger partial charge in [0, 0.05) is 11.8 Å². The van der Waals surface area contributed by atoms with Gasteiger partial charge in [0.1, 0.15) is 11.9 Å². The summed E-state index contributed by atoms with van der Waals surface area (Å²) in [6.07, 6.45) is -1.17. The van der Waals surface area contributed by atoms with Crippen molar-refractivity contribution in [2.75, 3.05) is 5.75 Å². The smallest absolute Gasteiger partial charge is 0.267 e. The monoisotopic (exact) mass is 393 g/mol. The summed E-state index contributed by atoms with van der Waals surface area (Å²) in [7, 11) is -4.27. The van der Waals surface area contributed by atoms with E-state index in [0.29, 0.717) is 0 Å². The van der Waals surface area contributed by atoms with E-state index in [2.05, 4.69) is 5.32 Å². The van der Waals surface area contributed by atoms with E-state index in [1.165, 1.54) is 13.8 Å². The Morgan fingerprint density at radius 3 is 1.85 bits per heavy atom. The molecule has 0 saturated heterocycles. The van der Waals surface area contributed by atoms with E-state index in [-0.39, 0.29) is 18.1 Å². The number of carbonyl (C=O) groups is 2. The van der Waals surface area contributed by atoms with Gasteiger partial charge in [0.15, 0.2) is 0 Å². The Bertz CT molecular complexity index is 614. The van der Waals surface area contributed by atoms with Gasteiger partial charge in [-0.05, 0) is 33.6 Å². The minimum Gasteiger partial charge on any atom is -0.362 e. The fourth-order valence-corrected chi connectivity index (χ4v) is 3.06. The quantitative estimate of drug-likeness (QED) is 0.583. The molecule has 0 heterocycles. The average molecular weight is 394 g/mol. The van der Waals surface area contributed by atoms with Crippen molar-refractivity contribution in [1.29, 1.82) is 0 Å². The highest BCUT2D eigenvalue weighted by Gasteiger charge is 2.37.